The maximum atomic E-state index is 10.8. The molecule has 0 saturated carbocycles. The summed E-state index contributed by atoms with van der Waals surface area (Å²) in [5.74, 6) is 0.725. The van der Waals surface area contributed by atoms with Crippen LogP contribution >= 0.6 is 0 Å². The molecule has 0 unspecified atom stereocenters. The lowest BCUT2D eigenvalue weighted by Gasteiger charge is -2.12. The van der Waals surface area contributed by atoms with Gasteiger partial charge in [0.25, 0.3) is 5.91 Å². The second-order valence-electron chi connectivity index (χ2n) is 6.21. The largest absolute Gasteiger partial charge is 0.484 e. The third-order valence-corrected chi connectivity index (χ3v) is 4.23. The highest BCUT2D eigenvalue weighted by atomic mass is 16.5. The number of primary amides is 1. The average Bonchev–Trinajstić information content (AvgIpc) is 2.74. The summed E-state index contributed by atoms with van der Waals surface area (Å²) in [7, 11) is 0. The lowest BCUT2D eigenvalue weighted by atomic mass is 10.0. The number of ether oxygens (including phenoxy) is 1. The summed E-state index contributed by atoms with van der Waals surface area (Å²) in [6.45, 7) is -0.149. The van der Waals surface area contributed by atoms with Gasteiger partial charge in [-0.2, -0.15) is 0 Å². The number of benzene rings is 3. The third-order valence-electron chi connectivity index (χ3n) is 4.23. The molecular formula is C22H18N4O2. The van der Waals surface area contributed by atoms with Crippen LogP contribution in [0.5, 0.6) is 5.75 Å². The van der Waals surface area contributed by atoms with Gasteiger partial charge in [-0.05, 0) is 24.3 Å². The molecule has 6 nitrogen and oxygen atoms in total. The molecule has 1 amide bonds. The highest BCUT2D eigenvalue weighted by molar-refractivity contribution is 6.00. The predicted molar refractivity (Wildman–Crippen MR) is 109 cm³/mol. The molecule has 4 aromatic rings. The van der Waals surface area contributed by atoms with E-state index in [1.807, 2.05) is 66.7 Å². The number of nitrogens with zero attached hydrogens (tertiary/aromatic N) is 2. The zero-order chi connectivity index (χ0) is 19.3. The standard InChI is InChI=1S/C22H18N4O2/c23-20(27)14-28-17-12-10-16(11-13-17)24-22-19-9-5-4-8-18(19)21(25-26-22)15-6-2-1-3-7-15/h1-13H,14H2,(H2,23,27)(H,24,26). The maximum absolute atomic E-state index is 10.8. The van der Waals surface area contributed by atoms with E-state index in [1.54, 1.807) is 12.1 Å². The van der Waals surface area contributed by atoms with Crippen LogP contribution in [0.4, 0.5) is 11.5 Å². The molecule has 0 aliphatic heterocycles. The Bertz CT molecular complexity index is 1110. The Balaban J connectivity index is 1.64. The van der Waals surface area contributed by atoms with Crippen LogP contribution in [0.3, 0.4) is 0 Å². The van der Waals surface area contributed by atoms with Crippen molar-refractivity contribution in [3.05, 3.63) is 78.9 Å². The number of carbonyl (C=O) groups excluding carboxylic acids is 1. The fraction of sp³-hybridized carbons (Fsp3) is 0.0455. The van der Waals surface area contributed by atoms with Crippen LogP contribution in [0.25, 0.3) is 22.0 Å². The molecule has 0 saturated heterocycles. The van der Waals surface area contributed by atoms with E-state index in [-0.39, 0.29) is 6.61 Å². The van der Waals surface area contributed by atoms with Crippen LogP contribution in [0.1, 0.15) is 0 Å². The number of nitrogens with one attached hydrogen (secondary N) is 1. The van der Waals surface area contributed by atoms with Crippen molar-refractivity contribution in [1.29, 1.82) is 0 Å². The number of carbonyl (C=O) groups is 1. The minimum absolute atomic E-state index is 0.149. The second-order valence-corrected chi connectivity index (χ2v) is 6.21. The molecule has 0 radical (unpaired) electrons. The summed E-state index contributed by atoms with van der Waals surface area (Å²) < 4.78 is 5.28. The number of hydrogen-bond acceptors (Lipinski definition) is 5. The van der Waals surface area contributed by atoms with Crippen LogP contribution in [-0.2, 0) is 4.79 Å². The molecule has 0 spiro atoms. The molecule has 3 aromatic carbocycles. The molecule has 0 aliphatic carbocycles. The van der Waals surface area contributed by atoms with E-state index in [0.717, 1.165) is 27.7 Å². The van der Waals surface area contributed by atoms with E-state index in [9.17, 15) is 4.79 Å². The van der Waals surface area contributed by atoms with E-state index in [4.69, 9.17) is 10.5 Å². The highest BCUT2D eigenvalue weighted by Gasteiger charge is 2.11. The fourth-order valence-corrected chi connectivity index (χ4v) is 2.93. The first-order chi connectivity index (χ1) is 13.7. The molecule has 0 fully saturated rings. The Morgan fingerprint density at radius 3 is 2.25 bits per heavy atom. The van der Waals surface area contributed by atoms with Crippen molar-refractivity contribution >= 4 is 28.2 Å². The van der Waals surface area contributed by atoms with Crippen molar-refractivity contribution in [3.63, 3.8) is 0 Å². The van der Waals surface area contributed by atoms with E-state index >= 15 is 0 Å². The first-order valence-electron chi connectivity index (χ1n) is 8.80. The molecular weight excluding hydrogens is 352 g/mol. The van der Waals surface area contributed by atoms with E-state index in [1.165, 1.54) is 0 Å². The average molecular weight is 370 g/mol. The number of hydrogen-bond donors (Lipinski definition) is 2. The Hall–Kier alpha value is -3.93. The second kappa shape index (κ2) is 7.75. The molecule has 1 heterocycles. The first-order valence-corrected chi connectivity index (χ1v) is 8.80. The molecule has 0 bridgehead atoms. The van der Waals surface area contributed by atoms with E-state index in [2.05, 4.69) is 15.5 Å². The monoisotopic (exact) mass is 370 g/mol. The molecule has 3 N–H and O–H groups in total. The van der Waals surface area contributed by atoms with Gasteiger partial charge in [0.05, 0.1) is 0 Å². The Kier molecular flexibility index (Phi) is 4.84. The summed E-state index contributed by atoms with van der Waals surface area (Å²) >= 11 is 0. The van der Waals surface area contributed by atoms with E-state index in [0.29, 0.717) is 11.6 Å². The summed E-state index contributed by atoms with van der Waals surface area (Å²) in [5.41, 5.74) is 7.79. The van der Waals surface area contributed by atoms with Crippen molar-refractivity contribution in [2.24, 2.45) is 5.73 Å². The molecule has 138 valence electrons. The zero-order valence-corrected chi connectivity index (χ0v) is 15.0. The number of fused-ring (bicyclic) bond motifs is 1. The zero-order valence-electron chi connectivity index (χ0n) is 15.0. The SMILES string of the molecule is NC(=O)COc1ccc(Nc2nnc(-c3ccccc3)c3ccccc23)cc1. The van der Waals surface area contributed by atoms with Crippen LogP contribution < -0.4 is 15.8 Å². The Morgan fingerprint density at radius 2 is 1.54 bits per heavy atom. The van der Waals surface area contributed by atoms with Crippen molar-refractivity contribution in [3.8, 4) is 17.0 Å². The Morgan fingerprint density at radius 1 is 0.857 bits per heavy atom. The Labute approximate surface area is 162 Å². The van der Waals surface area contributed by atoms with Crippen LogP contribution in [0.15, 0.2) is 78.9 Å². The van der Waals surface area contributed by atoms with Gasteiger partial charge in [-0.25, -0.2) is 0 Å². The summed E-state index contributed by atoms with van der Waals surface area (Å²) in [4.78, 5) is 10.8. The summed E-state index contributed by atoms with van der Waals surface area (Å²) in [6, 6.07) is 25.2. The minimum Gasteiger partial charge on any atom is -0.484 e. The van der Waals surface area contributed by atoms with Gasteiger partial charge in [0.2, 0.25) is 0 Å². The smallest absolute Gasteiger partial charge is 0.255 e. The number of nitrogens with two attached hydrogens (primary N) is 1. The van der Waals surface area contributed by atoms with Gasteiger partial charge in [-0.1, -0.05) is 54.6 Å². The van der Waals surface area contributed by atoms with E-state index < -0.39 is 5.91 Å². The normalized spacial score (nSPS) is 10.6. The van der Waals surface area contributed by atoms with Crippen molar-refractivity contribution in [2.75, 3.05) is 11.9 Å². The van der Waals surface area contributed by atoms with Gasteiger partial charge in [-0.15, -0.1) is 10.2 Å². The quantitative estimate of drug-likeness (QED) is 0.537. The molecule has 0 atom stereocenters. The lowest BCUT2D eigenvalue weighted by molar-refractivity contribution is -0.119. The van der Waals surface area contributed by atoms with Crippen molar-refractivity contribution in [2.45, 2.75) is 0 Å². The van der Waals surface area contributed by atoms with Crippen LogP contribution in [0.2, 0.25) is 0 Å². The van der Waals surface area contributed by atoms with Crippen LogP contribution in [0, 0.1) is 0 Å². The first kappa shape index (κ1) is 17.5. The van der Waals surface area contributed by atoms with Gasteiger partial charge in [0, 0.05) is 22.0 Å². The van der Waals surface area contributed by atoms with Crippen molar-refractivity contribution in [1.82, 2.24) is 10.2 Å². The molecule has 6 heteroatoms. The van der Waals surface area contributed by atoms with Gasteiger partial charge in [-0.3, -0.25) is 4.79 Å². The van der Waals surface area contributed by atoms with Gasteiger partial charge >= 0.3 is 0 Å². The molecule has 4 rings (SSSR count). The number of aromatic nitrogens is 2. The molecule has 0 aliphatic rings. The van der Waals surface area contributed by atoms with Gasteiger partial charge < -0.3 is 15.8 Å². The number of rotatable bonds is 6. The summed E-state index contributed by atoms with van der Waals surface area (Å²) in [6.07, 6.45) is 0. The predicted octanol–water partition coefficient (Wildman–Crippen LogP) is 3.90. The van der Waals surface area contributed by atoms with Gasteiger partial charge in [0.15, 0.2) is 12.4 Å². The van der Waals surface area contributed by atoms with Gasteiger partial charge in [0.1, 0.15) is 11.4 Å². The third kappa shape index (κ3) is 3.76. The maximum Gasteiger partial charge on any atom is 0.255 e. The van der Waals surface area contributed by atoms with Crippen LogP contribution in [-0.4, -0.2) is 22.7 Å². The summed E-state index contributed by atoms with van der Waals surface area (Å²) in [5, 5.41) is 14.2. The highest BCUT2D eigenvalue weighted by Crippen LogP contribution is 2.31. The lowest BCUT2D eigenvalue weighted by Crippen LogP contribution is -2.19. The number of anilines is 2. The molecule has 1 aromatic heterocycles. The topological polar surface area (TPSA) is 90.1 Å². The number of amides is 1. The van der Waals surface area contributed by atoms with Crippen molar-refractivity contribution < 1.29 is 9.53 Å². The molecule has 28 heavy (non-hydrogen) atoms. The minimum atomic E-state index is -0.512. The fourth-order valence-electron chi connectivity index (χ4n) is 2.93.